The van der Waals surface area contributed by atoms with Crippen molar-refractivity contribution in [3.63, 3.8) is 0 Å². The molecule has 0 N–H and O–H groups in total. The zero-order valence-electron chi connectivity index (χ0n) is 25.4. The van der Waals surface area contributed by atoms with Gasteiger partial charge in [-0.2, -0.15) is 0 Å². The molecule has 0 aromatic heterocycles. The lowest BCUT2D eigenvalue weighted by Crippen LogP contribution is -2.18. The van der Waals surface area contributed by atoms with Gasteiger partial charge in [0.05, 0.1) is 0 Å². The van der Waals surface area contributed by atoms with Gasteiger partial charge in [-0.3, -0.25) is 0 Å². The second-order valence-electron chi connectivity index (χ2n) is 14.3. The normalized spacial score (nSPS) is 15.5. The Bertz CT molecular complexity index is 2060. The minimum atomic E-state index is 0.0417. The van der Waals surface area contributed by atoms with Crippen molar-refractivity contribution in [2.45, 2.75) is 64.7 Å². The molecule has 0 nitrogen and oxygen atoms in total. The predicted octanol–water partition coefficient (Wildman–Crippen LogP) is 9.80. The summed E-state index contributed by atoms with van der Waals surface area (Å²) in [6, 6.07) is 31.9. The van der Waals surface area contributed by atoms with Gasteiger partial charge in [0.25, 0.3) is 0 Å². The maximum absolute atomic E-state index is 6.08. The summed E-state index contributed by atoms with van der Waals surface area (Å²) in [6.45, 7) is 14.0. The number of halogens is 1. The zero-order chi connectivity index (χ0) is 29.6. The van der Waals surface area contributed by atoms with Crippen molar-refractivity contribution < 1.29 is 0 Å². The van der Waals surface area contributed by atoms with Crippen LogP contribution in [0.25, 0.3) is 49.5 Å². The predicted molar refractivity (Wildman–Crippen MR) is 187 cm³/mol. The van der Waals surface area contributed by atoms with Crippen molar-refractivity contribution in [3.05, 3.63) is 117 Å². The Labute approximate surface area is 259 Å². The van der Waals surface area contributed by atoms with Crippen molar-refractivity contribution in [1.29, 1.82) is 0 Å². The van der Waals surface area contributed by atoms with Gasteiger partial charge in [-0.25, -0.2) is 0 Å². The summed E-state index contributed by atoms with van der Waals surface area (Å²) in [7, 11) is 6.08. The Morgan fingerprint density at radius 2 is 1.24 bits per heavy atom. The molecule has 1 unspecified atom stereocenters. The molecule has 0 amide bonds. The van der Waals surface area contributed by atoms with E-state index in [0.29, 0.717) is 5.92 Å². The standard InChI is InChI=1S/C40H36BBr/c1-39(2,3)29-17-28-18-30(40(4,5)6)22-36-34-20-26(24-9-13-32(42)14-10-24)16-27-15-25(23-7-11-31(41)12-8-23)19-33(37(27)34)35(21-29)38(28)36/h7-19,21-22,26H,20H2,1-6H3. The van der Waals surface area contributed by atoms with Crippen LogP contribution in [0, 0.1) is 0 Å². The quantitative estimate of drug-likeness (QED) is 0.104. The molecule has 0 spiro atoms. The lowest BCUT2D eigenvalue weighted by atomic mass is 9.76. The highest BCUT2D eigenvalue weighted by Crippen LogP contribution is 2.44. The Hall–Kier alpha value is -3.36. The van der Waals surface area contributed by atoms with Crippen molar-refractivity contribution >= 4 is 67.6 Å². The van der Waals surface area contributed by atoms with Gasteiger partial charge in [-0.1, -0.05) is 124 Å². The molecular weight excluding hydrogens is 571 g/mol. The number of hydrogen-bond acceptors (Lipinski definition) is 0. The van der Waals surface area contributed by atoms with Crippen LogP contribution in [0.2, 0.25) is 0 Å². The van der Waals surface area contributed by atoms with E-state index in [4.69, 9.17) is 7.85 Å². The molecule has 0 saturated carbocycles. The first kappa shape index (κ1) is 27.5. The third kappa shape index (κ3) is 4.60. The van der Waals surface area contributed by atoms with Crippen LogP contribution < -0.4 is 10.7 Å². The lowest BCUT2D eigenvalue weighted by molar-refractivity contribution is 0.590. The molecule has 2 radical (unpaired) electrons. The molecular formula is C40H36BBr. The van der Waals surface area contributed by atoms with Crippen LogP contribution in [0.15, 0.2) is 89.4 Å². The van der Waals surface area contributed by atoms with Crippen LogP contribution in [0.5, 0.6) is 0 Å². The smallest absolute Gasteiger partial charge is 0.0966 e. The molecule has 0 saturated heterocycles. The van der Waals surface area contributed by atoms with Crippen LogP contribution in [0.1, 0.15) is 69.7 Å². The third-order valence-electron chi connectivity index (χ3n) is 9.21. The van der Waals surface area contributed by atoms with E-state index in [1.165, 1.54) is 70.9 Å². The largest absolute Gasteiger partial charge is 0.113 e. The molecule has 6 aromatic carbocycles. The van der Waals surface area contributed by atoms with Crippen LogP contribution >= 0.6 is 15.9 Å². The molecule has 206 valence electrons. The molecule has 0 bridgehead atoms. The average molecular weight is 607 g/mol. The fourth-order valence-corrected chi connectivity index (χ4v) is 7.05. The SMILES string of the molecule is [B]c1ccc(-c2cc3c4c(c5cc(C(C)(C)C)cc6cc(C(C)(C)C)cc(c4c2)c65)CC(c2ccc(Br)cc2)C=3)cc1. The maximum atomic E-state index is 6.08. The first-order valence-corrected chi connectivity index (χ1v) is 15.8. The summed E-state index contributed by atoms with van der Waals surface area (Å²) in [5, 5.41) is 9.62. The summed E-state index contributed by atoms with van der Waals surface area (Å²) in [4.78, 5) is 0. The Kier molecular flexibility index (Phi) is 6.27. The van der Waals surface area contributed by atoms with Gasteiger partial charge in [-0.15, -0.1) is 0 Å². The van der Waals surface area contributed by atoms with Gasteiger partial charge in [0, 0.05) is 10.4 Å². The van der Waals surface area contributed by atoms with Gasteiger partial charge < -0.3 is 0 Å². The molecule has 1 atom stereocenters. The second-order valence-corrected chi connectivity index (χ2v) is 15.2. The van der Waals surface area contributed by atoms with Crippen LogP contribution in [-0.2, 0) is 17.3 Å². The summed E-state index contributed by atoms with van der Waals surface area (Å²) >= 11 is 3.64. The maximum Gasteiger partial charge on any atom is 0.113 e. The van der Waals surface area contributed by atoms with E-state index < -0.39 is 0 Å². The van der Waals surface area contributed by atoms with E-state index in [1.807, 2.05) is 12.1 Å². The summed E-state index contributed by atoms with van der Waals surface area (Å²) in [5.41, 5.74) is 8.92. The first-order valence-electron chi connectivity index (χ1n) is 15.0. The Morgan fingerprint density at radius 3 is 1.86 bits per heavy atom. The number of benzene rings is 6. The molecule has 0 fully saturated rings. The van der Waals surface area contributed by atoms with Crippen LogP contribution in [0.4, 0.5) is 0 Å². The zero-order valence-corrected chi connectivity index (χ0v) is 27.0. The van der Waals surface area contributed by atoms with E-state index >= 15 is 0 Å². The monoisotopic (exact) mass is 606 g/mol. The summed E-state index contributed by atoms with van der Waals surface area (Å²) < 4.78 is 1.11. The van der Waals surface area contributed by atoms with Crippen molar-refractivity contribution in [2.24, 2.45) is 0 Å². The van der Waals surface area contributed by atoms with E-state index in [-0.39, 0.29) is 10.8 Å². The third-order valence-corrected chi connectivity index (χ3v) is 9.74. The van der Waals surface area contributed by atoms with Crippen LogP contribution in [-0.4, -0.2) is 7.85 Å². The van der Waals surface area contributed by atoms with E-state index in [2.05, 4.69) is 136 Å². The van der Waals surface area contributed by atoms with Crippen molar-refractivity contribution in [2.75, 3.05) is 0 Å². The Balaban J connectivity index is 1.67. The second kappa shape index (κ2) is 9.58. The van der Waals surface area contributed by atoms with Gasteiger partial charge >= 0.3 is 0 Å². The minimum absolute atomic E-state index is 0.0417. The topological polar surface area (TPSA) is 0 Å². The molecule has 0 aliphatic heterocycles. The fourth-order valence-electron chi connectivity index (χ4n) is 6.79. The Morgan fingerprint density at radius 1 is 0.643 bits per heavy atom. The van der Waals surface area contributed by atoms with Gasteiger partial charge in [0.1, 0.15) is 7.85 Å². The van der Waals surface area contributed by atoms with Gasteiger partial charge in [0.15, 0.2) is 0 Å². The molecule has 0 heterocycles. The number of hydrogen-bond donors (Lipinski definition) is 0. The highest BCUT2D eigenvalue weighted by molar-refractivity contribution is 9.10. The van der Waals surface area contributed by atoms with Gasteiger partial charge in [0.2, 0.25) is 0 Å². The van der Waals surface area contributed by atoms with Crippen LogP contribution in [0.3, 0.4) is 0 Å². The van der Waals surface area contributed by atoms with E-state index in [9.17, 15) is 0 Å². The van der Waals surface area contributed by atoms with E-state index in [0.717, 1.165) is 16.4 Å². The van der Waals surface area contributed by atoms with E-state index in [1.54, 1.807) is 0 Å². The highest BCUT2D eigenvalue weighted by Gasteiger charge is 2.26. The minimum Gasteiger partial charge on any atom is -0.0966 e. The molecule has 7 rings (SSSR count). The molecule has 6 aromatic rings. The molecule has 1 aliphatic carbocycles. The molecule has 2 heteroatoms. The highest BCUT2D eigenvalue weighted by atomic mass is 79.9. The summed E-state index contributed by atoms with van der Waals surface area (Å²) in [5.74, 6) is 0.304. The first-order chi connectivity index (χ1) is 19.9. The number of rotatable bonds is 2. The average Bonchev–Trinajstić information content (AvgIpc) is 2.94. The van der Waals surface area contributed by atoms with Gasteiger partial charge in [-0.05, 0) is 118 Å². The fraction of sp³-hybridized carbons (Fsp3) is 0.250. The lowest BCUT2D eigenvalue weighted by Gasteiger charge is -2.28. The summed E-state index contributed by atoms with van der Waals surface area (Å²) in [6.07, 6.45) is 3.50. The molecule has 42 heavy (non-hydrogen) atoms. The molecule has 1 aliphatic rings. The van der Waals surface area contributed by atoms with Crippen molar-refractivity contribution in [1.82, 2.24) is 0 Å². The number of fused-ring (bicyclic) bond motifs is 2. The van der Waals surface area contributed by atoms with Crippen molar-refractivity contribution in [3.8, 4) is 11.1 Å².